The van der Waals surface area contributed by atoms with Gasteiger partial charge in [0.15, 0.2) is 5.65 Å². The van der Waals surface area contributed by atoms with Gasteiger partial charge in [-0.15, -0.1) is 0 Å². The number of nitrogens with zero attached hydrogens (tertiary/aromatic N) is 5. The zero-order valence-electron chi connectivity index (χ0n) is 18.5. The van der Waals surface area contributed by atoms with Crippen LogP contribution in [0.1, 0.15) is 40.2 Å². The van der Waals surface area contributed by atoms with E-state index in [-0.39, 0.29) is 11.8 Å². The Balaban J connectivity index is 1.54. The van der Waals surface area contributed by atoms with Gasteiger partial charge in [0, 0.05) is 26.0 Å². The van der Waals surface area contributed by atoms with E-state index in [0.717, 1.165) is 29.0 Å². The van der Waals surface area contributed by atoms with E-state index in [0.29, 0.717) is 16.9 Å². The Labute approximate surface area is 191 Å². The molecule has 0 aliphatic rings. The molecule has 7 heteroatoms. The van der Waals surface area contributed by atoms with Crippen molar-refractivity contribution in [2.75, 3.05) is 5.32 Å². The number of aryl methyl sites for hydroxylation is 2. The third-order valence-electron chi connectivity index (χ3n) is 5.77. The zero-order valence-corrected chi connectivity index (χ0v) is 18.5. The van der Waals surface area contributed by atoms with E-state index in [1.807, 2.05) is 61.0 Å². The molecular formula is C26H24N6O. The lowest BCUT2D eigenvalue weighted by molar-refractivity contribution is 0.102. The molecule has 0 aliphatic carbocycles. The molecule has 5 aromatic rings. The highest BCUT2D eigenvalue weighted by atomic mass is 16.1. The maximum absolute atomic E-state index is 12.8. The maximum atomic E-state index is 12.8. The highest BCUT2D eigenvalue weighted by molar-refractivity contribution is 6.05. The van der Waals surface area contributed by atoms with Crippen molar-refractivity contribution in [3.8, 4) is 0 Å². The van der Waals surface area contributed by atoms with Crippen LogP contribution in [0.3, 0.4) is 0 Å². The van der Waals surface area contributed by atoms with Gasteiger partial charge in [-0.05, 0) is 24.1 Å². The summed E-state index contributed by atoms with van der Waals surface area (Å²) >= 11 is 0. The van der Waals surface area contributed by atoms with Crippen molar-refractivity contribution in [3.63, 3.8) is 0 Å². The highest BCUT2D eigenvalue weighted by Gasteiger charge is 2.23. The molecule has 0 saturated heterocycles. The third-order valence-corrected chi connectivity index (χ3v) is 5.77. The molecule has 0 bridgehead atoms. The van der Waals surface area contributed by atoms with E-state index in [9.17, 15) is 4.79 Å². The number of hydrogen-bond acceptors (Lipinski definition) is 4. The van der Waals surface area contributed by atoms with Crippen LogP contribution in [-0.2, 0) is 13.6 Å². The molecule has 33 heavy (non-hydrogen) atoms. The first-order valence-electron chi connectivity index (χ1n) is 10.9. The van der Waals surface area contributed by atoms with E-state index >= 15 is 0 Å². The molecule has 3 heterocycles. The summed E-state index contributed by atoms with van der Waals surface area (Å²) in [6.45, 7) is 2.74. The summed E-state index contributed by atoms with van der Waals surface area (Å²) in [5.41, 5.74) is 4.83. The monoisotopic (exact) mass is 436 g/mol. The number of amides is 1. The number of rotatable bonds is 6. The summed E-state index contributed by atoms with van der Waals surface area (Å²) in [5, 5.41) is 7.08. The van der Waals surface area contributed by atoms with Crippen LogP contribution in [0.25, 0.3) is 11.2 Å². The molecule has 1 N–H and O–H groups in total. The average Bonchev–Trinajstić information content (AvgIpc) is 3.44. The Kier molecular flexibility index (Phi) is 5.44. The van der Waals surface area contributed by atoms with Crippen LogP contribution in [0.2, 0.25) is 0 Å². The first-order valence-corrected chi connectivity index (χ1v) is 10.9. The Morgan fingerprint density at radius 2 is 1.67 bits per heavy atom. The largest absolute Gasteiger partial charge is 0.329 e. The molecule has 0 atom stereocenters. The second-order valence-corrected chi connectivity index (χ2v) is 7.89. The molecule has 7 nitrogen and oxygen atoms in total. The molecule has 0 saturated carbocycles. The van der Waals surface area contributed by atoms with E-state index in [4.69, 9.17) is 4.98 Å². The molecule has 1 amide bonds. The summed E-state index contributed by atoms with van der Waals surface area (Å²) < 4.78 is 3.79. The van der Waals surface area contributed by atoms with Gasteiger partial charge in [-0.1, -0.05) is 60.7 Å². The van der Waals surface area contributed by atoms with Crippen LogP contribution < -0.4 is 5.32 Å². The van der Waals surface area contributed by atoms with E-state index in [1.165, 1.54) is 0 Å². The van der Waals surface area contributed by atoms with Gasteiger partial charge in [0.1, 0.15) is 5.82 Å². The van der Waals surface area contributed by atoms with Crippen molar-refractivity contribution in [3.05, 3.63) is 108 Å². The quantitative estimate of drug-likeness (QED) is 0.421. The predicted octanol–water partition coefficient (Wildman–Crippen LogP) is 4.62. The SMILES string of the molecule is CCn1cc(NC(=O)c2cnc3nc(C(c4ccccc4)c4ccccc4)n(C)c3c2)cn1. The molecule has 5 rings (SSSR count). The average molecular weight is 437 g/mol. The number of fused-ring (bicyclic) bond motifs is 1. The minimum absolute atomic E-state index is 0.0521. The van der Waals surface area contributed by atoms with E-state index in [1.54, 1.807) is 23.3 Å². The predicted molar refractivity (Wildman–Crippen MR) is 128 cm³/mol. The van der Waals surface area contributed by atoms with Crippen LogP contribution in [-0.4, -0.2) is 30.2 Å². The normalized spacial score (nSPS) is 11.2. The van der Waals surface area contributed by atoms with Crippen molar-refractivity contribution in [2.24, 2.45) is 7.05 Å². The van der Waals surface area contributed by atoms with Gasteiger partial charge in [-0.3, -0.25) is 9.48 Å². The van der Waals surface area contributed by atoms with E-state index < -0.39 is 0 Å². The molecule has 2 aromatic carbocycles. The van der Waals surface area contributed by atoms with Crippen molar-refractivity contribution >= 4 is 22.8 Å². The molecule has 3 aromatic heterocycles. The smallest absolute Gasteiger partial charge is 0.257 e. The molecule has 164 valence electrons. The van der Waals surface area contributed by atoms with Gasteiger partial charge in [-0.25, -0.2) is 9.97 Å². The topological polar surface area (TPSA) is 77.6 Å². The molecule has 0 radical (unpaired) electrons. The maximum Gasteiger partial charge on any atom is 0.257 e. The molecular weight excluding hydrogens is 412 g/mol. The number of benzene rings is 2. The Hall–Kier alpha value is -4.26. The van der Waals surface area contributed by atoms with Crippen LogP contribution in [0.15, 0.2) is 85.3 Å². The first kappa shape index (κ1) is 20.6. The second-order valence-electron chi connectivity index (χ2n) is 7.89. The van der Waals surface area contributed by atoms with Gasteiger partial charge in [0.05, 0.1) is 28.9 Å². The third kappa shape index (κ3) is 4.01. The number of nitrogens with one attached hydrogen (secondary N) is 1. The molecule has 0 spiro atoms. The van der Waals surface area contributed by atoms with Crippen LogP contribution >= 0.6 is 0 Å². The van der Waals surface area contributed by atoms with Gasteiger partial charge in [0.2, 0.25) is 0 Å². The number of carbonyl (C=O) groups excluding carboxylic acids is 1. The van der Waals surface area contributed by atoms with E-state index in [2.05, 4.69) is 39.7 Å². The second kappa shape index (κ2) is 8.70. The summed E-state index contributed by atoms with van der Waals surface area (Å²) in [5.74, 6) is 0.589. The minimum atomic E-state index is -0.231. The van der Waals surface area contributed by atoms with Crippen molar-refractivity contribution in [2.45, 2.75) is 19.4 Å². The Morgan fingerprint density at radius 3 is 2.27 bits per heavy atom. The lowest BCUT2D eigenvalue weighted by atomic mass is 9.90. The number of carbonyl (C=O) groups is 1. The lowest BCUT2D eigenvalue weighted by Crippen LogP contribution is -2.12. The lowest BCUT2D eigenvalue weighted by Gasteiger charge is -2.18. The molecule has 0 aliphatic heterocycles. The fourth-order valence-corrected chi connectivity index (χ4v) is 4.05. The number of anilines is 1. The fourth-order valence-electron chi connectivity index (χ4n) is 4.05. The summed E-state index contributed by atoms with van der Waals surface area (Å²) in [6.07, 6.45) is 5.01. The zero-order chi connectivity index (χ0) is 22.8. The molecule has 0 unspecified atom stereocenters. The van der Waals surface area contributed by atoms with Crippen LogP contribution in [0, 0.1) is 0 Å². The van der Waals surface area contributed by atoms with Gasteiger partial charge in [0.25, 0.3) is 5.91 Å². The Bertz CT molecular complexity index is 1370. The van der Waals surface area contributed by atoms with Crippen molar-refractivity contribution < 1.29 is 4.79 Å². The standard InChI is InChI=1S/C26H24N6O/c1-3-32-17-21(16-28-32)29-26(33)20-14-22-24(27-15-20)30-25(31(22)2)23(18-10-6-4-7-11-18)19-12-8-5-9-13-19/h4-17,23H,3H2,1-2H3,(H,29,33). The number of aromatic nitrogens is 5. The van der Waals surface area contributed by atoms with Gasteiger partial charge in [-0.2, -0.15) is 5.10 Å². The molecule has 0 fully saturated rings. The summed E-state index contributed by atoms with van der Waals surface area (Å²) in [7, 11) is 1.97. The fraction of sp³-hybridized carbons (Fsp3) is 0.154. The van der Waals surface area contributed by atoms with Crippen LogP contribution in [0.5, 0.6) is 0 Å². The van der Waals surface area contributed by atoms with Crippen molar-refractivity contribution in [1.82, 2.24) is 24.3 Å². The summed E-state index contributed by atoms with van der Waals surface area (Å²) in [6, 6.07) is 22.5. The number of imidazole rings is 1. The van der Waals surface area contributed by atoms with Crippen molar-refractivity contribution in [1.29, 1.82) is 0 Å². The van der Waals surface area contributed by atoms with Gasteiger partial charge < -0.3 is 9.88 Å². The Morgan fingerprint density at radius 1 is 1.00 bits per heavy atom. The highest BCUT2D eigenvalue weighted by Crippen LogP contribution is 2.32. The number of pyridine rings is 1. The minimum Gasteiger partial charge on any atom is -0.329 e. The number of hydrogen-bond donors (Lipinski definition) is 1. The van der Waals surface area contributed by atoms with Crippen LogP contribution in [0.4, 0.5) is 5.69 Å². The first-order chi connectivity index (χ1) is 16.1. The summed E-state index contributed by atoms with van der Waals surface area (Å²) in [4.78, 5) is 22.2. The van der Waals surface area contributed by atoms with Gasteiger partial charge >= 0.3 is 0 Å².